The molecule has 0 amide bonds. The van der Waals surface area contributed by atoms with Crippen LogP contribution in [0.3, 0.4) is 0 Å². The normalized spacial score (nSPS) is 10.7. The lowest BCUT2D eigenvalue weighted by molar-refractivity contribution is 0.0592. The molecule has 2 aromatic heterocycles. The second kappa shape index (κ2) is 8.17. The third-order valence-corrected chi connectivity index (χ3v) is 5.46. The van der Waals surface area contributed by atoms with Gasteiger partial charge in [0, 0.05) is 27.3 Å². The first kappa shape index (κ1) is 21.1. The highest BCUT2D eigenvalue weighted by Gasteiger charge is 2.22. The number of carbonyl (C=O) groups excluding carboxylic acids is 1. The molecule has 0 bridgehead atoms. The Morgan fingerprint density at radius 2 is 2.00 bits per heavy atom. The lowest BCUT2D eigenvalue weighted by atomic mass is 10.0. The molecule has 158 valence electrons. The van der Waals surface area contributed by atoms with Crippen molar-refractivity contribution in [2.45, 2.75) is 0 Å². The summed E-state index contributed by atoms with van der Waals surface area (Å²) in [6.07, 6.45) is 1.45. The van der Waals surface area contributed by atoms with Gasteiger partial charge >= 0.3 is 11.9 Å². The van der Waals surface area contributed by atoms with Crippen LogP contribution in [0.1, 0.15) is 26.4 Å². The molecule has 0 aliphatic carbocycles. The number of nitrogens with zero attached hydrogens (tertiary/aromatic N) is 3. The van der Waals surface area contributed by atoms with Crippen molar-refractivity contribution in [3.63, 3.8) is 0 Å². The van der Waals surface area contributed by atoms with Gasteiger partial charge in [-0.3, -0.25) is 0 Å². The summed E-state index contributed by atoms with van der Waals surface area (Å²) in [5, 5.41) is 19.6. The largest absolute Gasteiger partial charge is 0.478 e. The summed E-state index contributed by atoms with van der Waals surface area (Å²) < 4.78 is 7.04. The number of benzene rings is 2. The second-order valence-electron chi connectivity index (χ2n) is 6.85. The maximum Gasteiger partial charge on any atom is 0.357 e. The average Bonchev–Trinajstić information content (AvgIpc) is 3.14. The van der Waals surface area contributed by atoms with Crippen LogP contribution in [0.2, 0.25) is 0 Å². The van der Waals surface area contributed by atoms with Crippen molar-refractivity contribution in [3.8, 4) is 23.0 Å². The van der Waals surface area contributed by atoms with Gasteiger partial charge in [0.15, 0.2) is 5.69 Å². The number of anilines is 1. The van der Waals surface area contributed by atoms with Gasteiger partial charge in [0.1, 0.15) is 6.07 Å². The Balaban J connectivity index is 1.91. The molecule has 2 heterocycles. The molecule has 9 heteroatoms. The predicted molar refractivity (Wildman–Crippen MR) is 122 cm³/mol. The number of rotatable bonds is 4. The Bertz CT molecular complexity index is 1450. The number of fused-ring (bicyclic) bond motifs is 1. The number of methoxy groups -OCH3 is 1. The van der Waals surface area contributed by atoms with Crippen molar-refractivity contribution < 1.29 is 19.4 Å². The van der Waals surface area contributed by atoms with Gasteiger partial charge < -0.3 is 20.1 Å². The maximum atomic E-state index is 12.3. The molecule has 2 aromatic carbocycles. The van der Waals surface area contributed by atoms with E-state index in [1.54, 1.807) is 42.5 Å². The Labute approximate surface area is 190 Å². The highest BCUT2D eigenvalue weighted by atomic mass is 79.9. The topological polar surface area (TPSA) is 131 Å². The van der Waals surface area contributed by atoms with Gasteiger partial charge in [-0.15, -0.1) is 0 Å². The molecule has 0 fully saturated rings. The number of carboxylic acids is 1. The number of ether oxygens (including phenoxy) is 1. The molecule has 0 unspecified atom stereocenters. The molecule has 4 rings (SSSR count). The van der Waals surface area contributed by atoms with Gasteiger partial charge in [-0.05, 0) is 36.4 Å². The molecule has 0 spiro atoms. The van der Waals surface area contributed by atoms with Gasteiger partial charge in [0.25, 0.3) is 0 Å². The lowest BCUT2D eigenvalue weighted by Crippen LogP contribution is -2.11. The summed E-state index contributed by atoms with van der Waals surface area (Å²) in [6, 6.07) is 15.7. The van der Waals surface area contributed by atoms with E-state index in [1.165, 1.54) is 23.9 Å². The van der Waals surface area contributed by atoms with E-state index in [4.69, 9.17) is 10.5 Å². The van der Waals surface area contributed by atoms with E-state index in [-0.39, 0.29) is 22.5 Å². The Hall–Kier alpha value is -4.16. The molecule has 0 radical (unpaired) electrons. The van der Waals surface area contributed by atoms with E-state index >= 15 is 0 Å². The SMILES string of the molecule is COC(=O)c1c(N)c(C#N)cn1-c1cccc(-c2cc(C(=O)O)c3cc(Br)ccc3n2)c1. The lowest BCUT2D eigenvalue weighted by Gasteiger charge is -2.11. The average molecular weight is 491 g/mol. The molecular formula is C23H15BrN4O4. The van der Waals surface area contributed by atoms with Gasteiger partial charge in [-0.25, -0.2) is 14.6 Å². The number of nitrogens with two attached hydrogens (primary N) is 1. The first-order valence-electron chi connectivity index (χ1n) is 9.27. The minimum Gasteiger partial charge on any atom is -0.478 e. The van der Waals surface area contributed by atoms with E-state index < -0.39 is 11.9 Å². The zero-order chi connectivity index (χ0) is 23.0. The molecule has 8 nitrogen and oxygen atoms in total. The third-order valence-electron chi connectivity index (χ3n) is 4.96. The fourth-order valence-electron chi connectivity index (χ4n) is 3.46. The number of hydrogen-bond acceptors (Lipinski definition) is 6. The van der Waals surface area contributed by atoms with Crippen LogP contribution < -0.4 is 5.73 Å². The molecule has 0 saturated heterocycles. The fourth-order valence-corrected chi connectivity index (χ4v) is 3.82. The molecule has 3 N–H and O–H groups in total. The monoisotopic (exact) mass is 490 g/mol. The van der Waals surface area contributed by atoms with Crippen LogP contribution in [0.15, 0.2) is 59.2 Å². The van der Waals surface area contributed by atoms with Crippen molar-refractivity contribution in [2.24, 2.45) is 0 Å². The summed E-state index contributed by atoms with van der Waals surface area (Å²) in [4.78, 5) is 28.8. The Morgan fingerprint density at radius 3 is 2.69 bits per heavy atom. The van der Waals surface area contributed by atoms with Gasteiger partial charge in [0.05, 0.1) is 35.1 Å². The number of aromatic carboxylic acids is 1. The smallest absolute Gasteiger partial charge is 0.357 e. The highest BCUT2D eigenvalue weighted by Crippen LogP contribution is 2.30. The fraction of sp³-hybridized carbons (Fsp3) is 0.0435. The molecule has 0 atom stereocenters. The summed E-state index contributed by atoms with van der Waals surface area (Å²) in [6.45, 7) is 0. The van der Waals surface area contributed by atoms with Crippen LogP contribution in [0.4, 0.5) is 5.69 Å². The van der Waals surface area contributed by atoms with E-state index in [2.05, 4.69) is 20.9 Å². The van der Waals surface area contributed by atoms with Gasteiger partial charge in [0.2, 0.25) is 0 Å². The van der Waals surface area contributed by atoms with Crippen LogP contribution in [0, 0.1) is 11.3 Å². The molecule has 4 aromatic rings. The summed E-state index contributed by atoms with van der Waals surface area (Å²) >= 11 is 3.36. The standard InChI is InChI=1S/C23H15BrN4O4/c1-32-23(31)21-20(26)13(10-25)11-28(21)15-4-2-3-12(7-15)19-9-17(22(29)30)16-8-14(24)5-6-18(16)27-19/h2-9,11H,26H2,1H3,(H,29,30). The van der Waals surface area contributed by atoms with E-state index in [9.17, 15) is 20.0 Å². The summed E-state index contributed by atoms with van der Waals surface area (Å²) in [5.74, 6) is -1.75. The number of carboxylic acid groups (broad SMARTS) is 1. The van der Waals surface area contributed by atoms with Gasteiger partial charge in [-0.1, -0.05) is 28.1 Å². The quantitative estimate of drug-likeness (QED) is 0.405. The van der Waals surface area contributed by atoms with Crippen molar-refractivity contribution >= 4 is 44.5 Å². The number of pyridine rings is 1. The molecule has 0 aliphatic heterocycles. The van der Waals surface area contributed by atoms with Crippen LogP contribution in [0.5, 0.6) is 0 Å². The van der Waals surface area contributed by atoms with Crippen molar-refractivity contribution in [2.75, 3.05) is 12.8 Å². The first-order chi connectivity index (χ1) is 15.3. The van der Waals surface area contributed by atoms with Crippen LogP contribution in [-0.4, -0.2) is 33.7 Å². The minimum atomic E-state index is -1.07. The van der Waals surface area contributed by atoms with Crippen LogP contribution in [0.25, 0.3) is 27.8 Å². The number of carbonyl (C=O) groups is 2. The number of esters is 1. The molecule has 32 heavy (non-hydrogen) atoms. The van der Waals surface area contributed by atoms with Crippen LogP contribution in [-0.2, 0) is 4.74 Å². The second-order valence-corrected chi connectivity index (χ2v) is 7.77. The van der Waals surface area contributed by atoms with Crippen molar-refractivity contribution in [3.05, 3.63) is 76.0 Å². The summed E-state index contributed by atoms with van der Waals surface area (Å²) in [5.41, 5.74) is 8.41. The van der Waals surface area contributed by atoms with E-state index in [0.29, 0.717) is 27.8 Å². The number of nitriles is 1. The predicted octanol–water partition coefficient (Wildman–Crippen LogP) is 4.39. The maximum absolute atomic E-state index is 12.3. The van der Waals surface area contributed by atoms with Crippen molar-refractivity contribution in [1.82, 2.24) is 9.55 Å². The third kappa shape index (κ3) is 3.57. The zero-order valence-corrected chi connectivity index (χ0v) is 18.3. The van der Waals surface area contributed by atoms with E-state index in [0.717, 1.165) is 4.47 Å². The Morgan fingerprint density at radius 1 is 1.22 bits per heavy atom. The molecule has 0 aliphatic rings. The number of nitrogen functional groups attached to an aromatic ring is 1. The first-order valence-corrected chi connectivity index (χ1v) is 10.1. The zero-order valence-electron chi connectivity index (χ0n) is 16.7. The number of aromatic nitrogens is 2. The molecular weight excluding hydrogens is 476 g/mol. The number of halogens is 1. The minimum absolute atomic E-state index is 0.0207. The summed E-state index contributed by atoms with van der Waals surface area (Å²) in [7, 11) is 1.23. The molecule has 0 saturated carbocycles. The van der Waals surface area contributed by atoms with Crippen LogP contribution >= 0.6 is 15.9 Å². The highest BCUT2D eigenvalue weighted by molar-refractivity contribution is 9.10. The van der Waals surface area contributed by atoms with E-state index in [1.807, 2.05) is 6.07 Å². The number of hydrogen-bond donors (Lipinski definition) is 2. The van der Waals surface area contributed by atoms with Gasteiger partial charge in [-0.2, -0.15) is 5.26 Å². The van der Waals surface area contributed by atoms with Crippen molar-refractivity contribution in [1.29, 1.82) is 5.26 Å². The Kier molecular flexibility index (Phi) is 5.38.